The van der Waals surface area contributed by atoms with Gasteiger partial charge in [-0.1, -0.05) is 48.2 Å². The van der Waals surface area contributed by atoms with Gasteiger partial charge in [0.1, 0.15) is 0 Å². The van der Waals surface area contributed by atoms with Gasteiger partial charge in [0.25, 0.3) is 0 Å². The molecule has 3 fully saturated rings. The molecule has 134 valence electrons. The first-order valence-corrected chi connectivity index (χ1v) is 10.2. The number of hydrogen-bond donors (Lipinski definition) is 1. The van der Waals surface area contributed by atoms with Crippen molar-refractivity contribution in [2.45, 2.75) is 70.6 Å². The monoisotopic (exact) mass is 403 g/mol. The number of carboxylic acid groups (broad SMARTS) is 1. The highest BCUT2D eigenvalue weighted by atomic mass is 79.9. The van der Waals surface area contributed by atoms with Gasteiger partial charge in [-0.25, -0.2) is 0 Å². The highest BCUT2D eigenvalue weighted by Gasteiger charge is 2.58. The second-order valence-electron chi connectivity index (χ2n) is 8.02. The number of halogens is 1. The van der Waals surface area contributed by atoms with Crippen LogP contribution < -0.4 is 0 Å². The number of aliphatic carboxylic acids is 1. The molecule has 1 unspecified atom stereocenters. The molecule has 1 aromatic carbocycles. The van der Waals surface area contributed by atoms with Crippen LogP contribution in [0.15, 0.2) is 22.7 Å². The zero-order valence-electron chi connectivity index (χ0n) is 14.9. The summed E-state index contributed by atoms with van der Waals surface area (Å²) < 4.78 is 0.883. The molecule has 4 heteroatoms. The summed E-state index contributed by atoms with van der Waals surface area (Å²) in [5, 5.41) is 19.2. The van der Waals surface area contributed by atoms with Crippen LogP contribution in [0.3, 0.4) is 0 Å². The summed E-state index contributed by atoms with van der Waals surface area (Å²) in [5.74, 6) is -0.605. The van der Waals surface area contributed by atoms with Crippen LogP contribution in [-0.2, 0) is 4.79 Å². The first-order valence-electron chi connectivity index (χ1n) is 9.39. The first kappa shape index (κ1) is 18.5. The molecule has 4 rings (SSSR count). The zero-order valence-corrected chi connectivity index (χ0v) is 16.4. The number of unbranched alkanes of at least 4 members (excludes halogenated alkanes) is 2. The molecule has 3 nitrogen and oxygen atoms in total. The van der Waals surface area contributed by atoms with E-state index in [2.05, 4.69) is 28.9 Å². The molecule has 0 spiro atoms. The summed E-state index contributed by atoms with van der Waals surface area (Å²) in [7, 11) is 0. The van der Waals surface area contributed by atoms with Gasteiger partial charge in [0.2, 0.25) is 0 Å². The molecule has 0 aromatic heterocycles. The van der Waals surface area contributed by atoms with Crippen molar-refractivity contribution in [3.05, 3.63) is 33.8 Å². The van der Waals surface area contributed by atoms with E-state index in [0.29, 0.717) is 11.0 Å². The van der Waals surface area contributed by atoms with Crippen LogP contribution >= 0.6 is 15.9 Å². The summed E-state index contributed by atoms with van der Waals surface area (Å²) in [4.78, 5) is 12.2. The van der Waals surface area contributed by atoms with Crippen LogP contribution in [0.4, 0.5) is 0 Å². The summed E-state index contributed by atoms with van der Waals surface area (Å²) in [5.41, 5.74) is 1.35. The van der Waals surface area contributed by atoms with Gasteiger partial charge in [0.15, 0.2) is 0 Å². The van der Waals surface area contributed by atoms with Crippen LogP contribution in [0.5, 0.6) is 0 Å². The molecular weight excluding hydrogens is 378 g/mol. The Balaban J connectivity index is 1.95. The Morgan fingerprint density at radius 2 is 2.04 bits per heavy atom. The topological polar surface area (TPSA) is 61.1 Å². The average molecular weight is 404 g/mol. The van der Waals surface area contributed by atoms with Gasteiger partial charge in [-0.2, -0.15) is 5.26 Å². The summed E-state index contributed by atoms with van der Waals surface area (Å²) in [6.45, 7) is 2.23. The second-order valence-corrected chi connectivity index (χ2v) is 8.88. The van der Waals surface area contributed by atoms with Crippen molar-refractivity contribution in [3.8, 4) is 6.07 Å². The van der Waals surface area contributed by atoms with Gasteiger partial charge in [-0.3, -0.25) is 4.79 Å². The van der Waals surface area contributed by atoms with Crippen molar-refractivity contribution in [2.24, 2.45) is 10.8 Å². The SMILES string of the molecule is CCCCCC12CCC(C(=O)O)(CC1)C(c1ccc(C#N)cc1Br)C2. The van der Waals surface area contributed by atoms with Gasteiger partial charge in [-0.05, 0) is 61.6 Å². The van der Waals surface area contributed by atoms with E-state index in [0.717, 1.165) is 42.1 Å². The van der Waals surface area contributed by atoms with Crippen LogP contribution in [0.25, 0.3) is 0 Å². The van der Waals surface area contributed by atoms with Crippen molar-refractivity contribution < 1.29 is 9.90 Å². The number of nitrogens with zero attached hydrogens (tertiary/aromatic N) is 1. The Labute approximate surface area is 158 Å². The van der Waals surface area contributed by atoms with Crippen LogP contribution in [0, 0.1) is 22.2 Å². The quantitative estimate of drug-likeness (QED) is 0.590. The highest BCUT2D eigenvalue weighted by Crippen LogP contribution is 2.65. The fourth-order valence-corrected chi connectivity index (χ4v) is 5.81. The minimum Gasteiger partial charge on any atom is -0.481 e. The van der Waals surface area contributed by atoms with Gasteiger partial charge < -0.3 is 5.11 Å². The Morgan fingerprint density at radius 3 is 2.60 bits per heavy atom. The minimum absolute atomic E-state index is 0.0382. The van der Waals surface area contributed by atoms with Gasteiger partial charge >= 0.3 is 5.97 Å². The van der Waals surface area contributed by atoms with E-state index in [1.807, 2.05) is 18.2 Å². The summed E-state index contributed by atoms with van der Waals surface area (Å²) in [6, 6.07) is 7.78. The molecule has 1 atom stereocenters. The zero-order chi connectivity index (χ0) is 18.1. The third kappa shape index (κ3) is 3.24. The van der Waals surface area contributed by atoms with Gasteiger partial charge in [-0.15, -0.1) is 0 Å². The smallest absolute Gasteiger partial charge is 0.310 e. The fourth-order valence-electron chi connectivity index (χ4n) is 5.16. The van der Waals surface area contributed by atoms with Gasteiger partial charge in [0, 0.05) is 10.4 Å². The first-order chi connectivity index (χ1) is 12.0. The molecule has 3 aliphatic carbocycles. The lowest BCUT2D eigenvalue weighted by Crippen LogP contribution is -2.50. The van der Waals surface area contributed by atoms with E-state index in [1.165, 1.54) is 25.7 Å². The number of fused-ring (bicyclic) bond motifs is 3. The molecule has 0 radical (unpaired) electrons. The van der Waals surface area contributed by atoms with Crippen molar-refractivity contribution in [2.75, 3.05) is 0 Å². The average Bonchev–Trinajstić information content (AvgIpc) is 2.62. The maximum absolute atomic E-state index is 12.2. The molecule has 0 heterocycles. The number of benzene rings is 1. The second kappa shape index (κ2) is 7.11. The van der Waals surface area contributed by atoms with Gasteiger partial charge in [0.05, 0.1) is 17.0 Å². The molecule has 25 heavy (non-hydrogen) atoms. The predicted molar refractivity (Wildman–Crippen MR) is 101 cm³/mol. The number of hydrogen-bond acceptors (Lipinski definition) is 2. The third-order valence-electron chi connectivity index (χ3n) is 6.75. The molecular formula is C21H26BrNO2. The maximum atomic E-state index is 12.2. The maximum Gasteiger partial charge on any atom is 0.310 e. The molecule has 2 bridgehead atoms. The Hall–Kier alpha value is -1.34. The Kier molecular flexibility index (Phi) is 5.25. The van der Waals surface area contributed by atoms with E-state index in [4.69, 9.17) is 5.26 Å². The molecule has 3 saturated carbocycles. The molecule has 1 aromatic rings. The van der Waals surface area contributed by atoms with E-state index < -0.39 is 11.4 Å². The van der Waals surface area contributed by atoms with Crippen LogP contribution in [0.1, 0.15) is 81.8 Å². The highest BCUT2D eigenvalue weighted by molar-refractivity contribution is 9.10. The van der Waals surface area contributed by atoms with E-state index in [9.17, 15) is 9.90 Å². The number of carbonyl (C=O) groups is 1. The third-order valence-corrected chi connectivity index (χ3v) is 7.44. The fraction of sp³-hybridized carbons (Fsp3) is 0.619. The Bertz CT molecular complexity index is 698. The number of rotatable bonds is 6. The van der Waals surface area contributed by atoms with E-state index in [-0.39, 0.29) is 5.92 Å². The minimum atomic E-state index is -0.643. The van der Waals surface area contributed by atoms with Crippen molar-refractivity contribution in [1.29, 1.82) is 5.26 Å². The van der Waals surface area contributed by atoms with Crippen LogP contribution in [-0.4, -0.2) is 11.1 Å². The number of nitriles is 1. The lowest BCUT2D eigenvalue weighted by molar-refractivity contribution is -0.162. The molecule has 0 saturated heterocycles. The predicted octanol–water partition coefficient (Wildman–Crippen LogP) is 6.02. The van der Waals surface area contributed by atoms with E-state index in [1.54, 1.807) is 0 Å². The van der Waals surface area contributed by atoms with Crippen molar-refractivity contribution in [1.82, 2.24) is 0 Å². The van der Waals surface area contributed by atoms with E-state index >= 15 is 0 Å². The molecule has 1 N–H and O–H groups in total. The summed E-state index contributed by atoms with van der Waals surface area (Å²) >= 11 is 3.61. The molecule has 0 aliphatic heterocycles. The molecule has 3 aliphatic rings. The largest absolute Gasteiger partial charge is 0.481 e. The van der Waals surface area contributed by atoms with Crippen LogP contribution in [0.2, 0.25) is 0 Å². The standard InChI is InChI=1S/C21H26BrNO2/c1-2-3-4-7-20-8-10-21(11-9-20,19(24)25)17(13-20)16-6-5-15(14-23)12-18(16)22/h5-6,12,17H,2-4,7-11,13H2,1H3,(H,24,25). The Morgan fingerprint density at radius 1 is 1.32 bits per heavy atom. The van der Waals surface area contributed by atoms with Crippen molar-refractivity contribution >= 4 is 21.9 Å². The lowest BCUT2D eigenvalue weighted by atomic mass is 9.47. The molecule has 0 amide bonds. The summed E-state index contributed by atoms with van der Waals surface area (Å²) in [6.07, 6.45) is 9.58. The normalized spacial score (nSPS) is 30.8. The lowest BCUT2D eigenvalue weighted by Gasteiger charge is -2.56. The van der Waals surface area contributed by atoms with Crippen molar-refractivity contribution in [3.63, 3.8) is 0 Å². The number of carboxylic acids is 1.